The minimum atomic E-state index is -0.222. The second-order valence-electron chi connectivity index (χ2n) is 8.91. The number of aromatic nitrogens is 2. The summed E-state index contributed by atoms with van der Waals surface area (Å²) in [5, 5.41) is 7.95. The Hall–Kier alpha value is -3.49. The van der Waals surface area contributed by atoms with E-state index < -0.39 is 0 Å². The van der Waals surface area contributed by atoms with Crippen molar-refractivity contribution < 1.29 is 14.3 Å². The number of fused-ring (bicyclic) bond motifs is 1. The van der Waals surface area contributed by atoms with E-state index in [2.05, 4.69) is 28.8 Å². The Balaban J connectivity index is 1.64. The van der Waals surface area contributed by atoms with Crippen molar-refractivity contribution in [3.8, 4) is 22.6 Å². The summed E-state index contributed by atoms with van der Waals surface area (Å²) < 4.78 is 10.8. The summed E-state index contributed by atoms with van der Waals surface area (Å²) in [6.45, 7) is 7.46. The number of rotatable bonds is 8. The molecule has 1 amide bonds. The van der Waals surface area contributed by atoms with Crippen LogP contribution in [0.1, 0.15) is 19.3 Å². The molecule has 10 heteroatoms. The van der Waals surface area contributed by atoms with Gasteiger partial charge in [0.1, 0.15) is 11.5 Å². The monoisotopic (exact) mass is 541 g/mol. The molecule has 1 saturated carbocycles. The van der Waals surface area contributed by atoms with Gasteiger partial charge in [0.2, 0.25) is 11.9 Å². The number of allylic oxidation sites excluding steroid dienone is 1. The summed E-state index contributed by atoms with van der Waals surface area (Å²) in [4.78, 5) is 21.2. The van der Waals surface area contributed by atoms with E-state index in [9.17, 15) is 4.79 Å². The van der Waals surface area contributed by atoms with E-state index in [1.165, 1.54) is 20.3 Å². The molecular weight excluding hydrogens is 513 g/mol. The predicted molar refractivity (Wildman–Crippen MR) is 148 cm³/mol. The molecule has 0 bridgehead atoms. The average Bonchev–Trinajstić information content (AvgIpc) is 2.89. The van der Waals surface area contributed by atoms with Crippen LogP contribution in [0.4, 0.5) is 5.95 Å². The van der Waals surface area contributed by atoms with Crippen molar-refractivity contribution in [1.82, 2.24) is 15.3 Å². The molecule has 0 aliphatic heterocycles. The third-order valence-corrected chi connectivity index (χ3v) is 7.39. The zero-order valence-corrected chi connectivity index (χ0v) is 22.2. The Bertz CT molecular complexity index is 1340. The van der Waals surface area contributed by atoms with Crippen molar-refractivity contribution >= 4 is 46.0 Å². The highest BCUT2D eigenvalue weighted by molar-refractivity contribution is 6.41. The van der Waals surface area contributed by atoms with Gasteiger partial charge in [-0.2, -0.15) is 0 Å². The number of nitrogens with zero attached hydrogens (tertiary/aromatic N) is 2. The molecule has 8 nitrogen and oxygen atoms in total. The molecule has 1 aliphatic rings. The normalized spacial score (nSPS) is 19.2. The first-order valence-electron chi connectivity index (χ1n) is 11.8. The highest BCUT2D eigenvalue weighted by Gasteiger charge is 2.32. The first-order chi connectivity index (χ1) is 17.7. The van der Waals surface area contributed by atoms with E-state index in [0.717, 1.165) is 29.3 Å². The van der Waals surface area contributed by atoms with Crippen LogP contribution >= 0.6 is 23.2 Å². The first kappa shape index (κ1) is 26.6. The SMILES string of the molecule is C=CC(=O)N[C@H]1CC[C@H](C(=C)N)C[C@H]1Nc1ncc2cc(-c3c(Cl)c(OC)cc(OC)c3Cl)ccc2n1. The highest BCUT2D eigenvalue weighted by atomic mass is 35.5. The Morgan fingerprint density at radius 1 is 1.14 bits per heavy atom. The van der Waals surface area contributed by atoms with Gasteiger partial charge in [-0.3, -0.25) is 4.79 Å². The summed E-state index contributed by atoms with van der Waals surface area (Å²) in [5.41, 5.74) is 8.73. The van der Waals surface area contributed by atoms with E-state index in [1.807, 2.05) is 18.2 Å². The first-order valence-corrected chi connectivity index (χ1v) is 12.5. The van der Waals surface area contributed by atoms with Gasteiger partial charge < -0.3 is 25.8 Å². The number of nitrogens with one attached hydrogen (secondary N) is 2. The fourth-order valence-corrected chi connectivity index (χ4v) is 5.36. The van der Waals surface area contributed by atoms with Crippen LogP contribution in [-0.2, 0) is 4.79 Å². The quantitative estimate of drug-likeness (QED) is 0.329. The summed E-state index contributed by atoms with van der Waals surface area (Å²) in [6, 6.07) is 7.08. The predicted octanol–water partition coefficient (Wildman–Crippen LogP) is 5.34. The summed E-state index contributed by atoms with van der Waals surface area (Å²) in [6.07, 6.45) is 5.29. The molecule has 0 unspecified atom stereocenters. The van der Waals surface area contributed by atoms with Gasteiger partial charge in [0.15, 0.2) is 0 Å². The van der Waals surface area contributed by atoms with Crippen LogP contribution in [0, 0.1) is 5.92 Å². The number of anilines is 1. The van der Waals surface area contributed by atoms with Gasteiger partial charge in [0, 0.05) is 41.0 Å². The minimum absolute atomic E-state index is 0.116. The lowest BCUT2D eigenvalue weighted by atomic mass is 9.81. The highest BCUT2D eigenvalue weighted by Crippen LogP contribution is 2.46. The maximum absolute atomic E-state index is 12.0. The van der Waals surface area contributed by atoms with Crippen LogP contribution in [0.3, 0.4) is 0 Å². The molecule has 0 radical (unpaired) electrons. The molecule has 4 N–H and O–H groups in total. The smallest absolute Gasteiger partial charge is 0.243 e. The van der Waals surface area contributed by atoms with Crippen molar-refractivity contribution in [2.24, 2.45) is 11.7 Å². The van der Waals surface area contributed by atoms with Gasteiger partial charge in [-0.15, -0.1) is 0 Å². The molecule has 194 valence electrons. The molecule has 0 spiro atoms. The van der Waals surface area contributed by atoms with Crippen molar-refractivity contribution in [2.45, 2.75) is 31.3 Å². The standard InChI is InChI=1S/C27H29Cl2N5O3/c1-5-23(35)32-19-9-6-15(14(2)30)11-20(19)34-27-31-13-17-10-16(7-8-18(17)33-27)24-25(28)21(36-3)12-22(37-4)26(24)29/h5,7-8,10,12-13,15,19-20H,1-2,6,9,11,30H2,3-4H3,(H,32,35)(H,31,33,34)/t15-,19-,20+/m0/s1. The van der Waals surface area contributed by atoms with E-state index in [4.69, 9.17) is 43.4 Å². The molecule has 3 atom stereocenters. The minimum Gasteiger partial charge on any atom is -0.495 e. The van der Waals surface area contributed by atoms with Crippen LogP contribution in [0.25, 0.3) is 22.0 Å². The largest absolute Gasteiger partial charge is 0.495 e. The number of halogens is 2. The number of carbonyl (C=O) groups excluding carboxylic acids is 1. The van der Waals surface area contributed by atoms with Gasteiger partial charge in [0.05, 0.1) is 29.8 Å². The van der Waals surface area contributed by atoms with Crippen LogP contribution < -0.4 is 25.8 Å². The third kappa shape index (κ3) is 5.60. The lowest BCUT2D eigenvalue weighted by Gasteiger charge is -2.37. The Morgan fingerprint density at radius 2 is 1.84 bits per heavy atom. The second kappa shape index (κ2) is 11.3. The molecule has 37 heavy (non-hydrogen) atoms. The number of hydrogen-bond donors (Lipinski definition) is 3. The molecule has 1 fully saturated rings. The molecule has 1 aromatic heterocycles. The zero-order valence-electron chi connectivity index (χ0n) is 20.7. The Labute approximate surface area is 225 Å². The summed E-state index contributed by atoms with van der Waals surface area (Å²) >= 11 is 13.2. The van der Waals surface area contributed by atoms with E-state index >= 15 is 0 Å². The molecule has 1 aliphatic carbocycles. The number of nitrogens with two attached hydrogens (primary N) is 1. The Kier molecular flexibility index (Phi) is 8.10. The van der Waals surface area contributed by atoms with Crippen molar-refractivity contribution in [2.75, 3.05) is 19.5 Å². The van der Waals surface area contributed by atoms with Gasteiger partial charge in [-0.1, -0.05) is 42.4 Å². The van der Waals surface area contributed by atoms with Gasteiger partial charge in [-0.05, 0) is 49.0 Å². The van der Waals surface area contributed by atoms with Gasteiger partial charge >= 0.3 is 0 Å². The topological polar surface area (TPSA) is 111 Å². The zero-order chi connectivity index (χ0) is 26.7. The fraction of sp³-hybridized carbons (Fsp3) is 0.296. The van der Waals surface area contributed by atoms with Gasteiger partial charge in [0.25, 0.3) is 0 Å². The van der Waals surface area contributed by atoms with Crippen LogP contribution in [0.15, 0.2) is 55.4 Å². The van der Waals surface area contributed by atoms with Gasteiger partial charge in [-0.25, -0.2) is 9.97 Å². The fourth-order valence-electron chi connectivity index (χ4n) is 4.64. The lowest BCUT2D eigenvalue weighted by Crippen LogP contribution is -2.50. The molecule has 3 aromatic rings. The van der Waals surface area contributed by atoms with Crippen LogP contribution in [-0.4, -0.2) is 42.2 Å². The van der Waals surface area contributed by atoms with Crippen LogP contribution in [0.5, 0.6) is 11.5 Å². The molecular formula is C27H29Cl2N5O3. The molecule has 1 heterocycles. The second-order valence-corrected chi connectivity index (χ2v) is 9.66. The number of methoxy groups -OCH3 is 2. The molecule has 2 aromatic carbocycles. The van der Waals surface area contributed by atoms with Crippen molar-refractivity contribution in [3.63, 3.8) is 0 Å². The molecule has 0 saturated heterocycles. The summed E-state index contributed by atoms with van der Waals surface area (Å²) in [5.74, 6) is 1.29. The maximum Gasteiger partial charge on any atom is 0.243 e. The third-order valence-electron chi connectivity index (χ3n) is 6.64. The van der Waals surface area contributed by atoms with Crippen LogP contribution in [0.2, 0.25) is 10.0 Å². The maximum atomic E-state index is 12.0. The number of hydrogen-bond acceptors (Lipinski definition) is 7. The number of amides is 1. The average molecular weight is 542 g/mol. The number of ether oxygens (including phenoxy) is 2. The van der Waals surface area contributed by atoms with E-state index in [-0.39, 0.29) is 23.9 Å². The van der Waals surface area contributed by atoms with Crippen molar-refractivity contribution in [3.05, 3.63) is 65.4 Å². The summed E-state index contributed by atoms with van der Waals surface area (Å²) in [7, 11) is 3.07. The van der Waals surface area contributed by atoms with E-state index in [0.29, 0.717) is 45.2 Å². The number of benzene rings is 2. The Morgan fingerprint density at radius 3 is 2.46 bits per heavy atom. The number of carbonyl (C=O) groups is 1. The molecule has 4 rings (SSSR count). The van der Waals surface area contributed by atoms with Crippen molar-refractivity contribution in [1.29, 1.82) is 0 Å². The lowest BCUT2D eigenvalue weighted by molar-refractivity contribution is -0.117. The van der Waals surface area contributed by atoms with E-state index in [1.54, 1.807) is 12.3 Å².